The minimum atomic E-state index is -0.314. The normalized spacial score (nSPS) is 10.6. The molecule has 5 heteroatoms. The molecule has 1 N–H and O–H groups in total. The van der Waals surface area contributed by atoms with Crippen LogP contribution < -0.4 is 14.8 Å². The van der Waals surface area contributed by atoms with Crippen molar-refractivity contribution in [3.8, 4) is 11.5 Å². The van der Waals surface area contributed by atoms with Crippen LogP contribution in [0.2, 0.25) is 0 Å². The van der Waals surface area contributed by atoms with E-state index >= 15 is 0 Å². The molecule has 0 atom stereocenters. The molecule has 3 aromatic rings. The van der Waals surface area contributed by atoms with Crippen molar-refractivity contribution in [3.63, 3.8) is 0 Å². The molecule has 0 bridgehead atoms. The van der Waals surface area contributed by atoms with Crippen molar-refractivity contribution in [3.05, 3.63) is 53.8 Å². The number of benzene rings is 2. The molecule has 0 aliphatic heterocycles. The van der Waals surface area contributed by atoms with E-state index in [9.17, 15) is 4.79 Å². The van der Waals surface area contributed by atoms with E-state index in [0.717, 1.165) is 10.9 Å². The monoisotopic (exact) mass is 311 g/mol. The summed E-state index contributed by atoms with van der Waals surface area (Å²) in [6.45, 7) is 1.98. The Morgan fingerprint density at radius 2 is 1.78 bits per heavy atom. The van der Waals surface area contributed by atoms with Crippen LogP contribution >= 0.6 is 0 Å². The third kappa shape index (κ3) is 2.99. The zero-order chi connectivity index (χ0) is 16.4. The third-order valence-electron chi connectivity index (χ3n) is 3.54. The van der Waals surface area contributed by atoms with Crippen LogP contribution in [0, 0.1) is 6.92 Å². The highest BCUT2D eigenvalue weighted by atomic mass is 16.5. The van der Waals surface area contributed by atoms with E-state index in [4.69, 9.17) is 13.9 Å². The Labute approximate surface area is 133 Å². The summed E-state index contributed by atoms with van der Waals surface area (Å²) in [6.07, 6.45) is 0. The van der Waals surface area contributed by atoms with Gasteiger partial charge in [0.25, 0.3) is 5.91 Å². The van der Waals surface area contributed by atoms with Gasteiger partial charge in [-0.15, -0.1) is 0 Å². The SMILES string of the molecule is COc1ccc(NC(=O)c2cc3ccc(C)cc3o2)cc1OC. The molecule has 1 amide bonds. The van der Waals surface area contributed by atoms with Crippen LogP contribution in [-0.4, -0.2) is 20.1 Å². The number of fused-ring (bicyclic) bond motifs is 1. The molecule has 0 radical (unpaired) electrons. The first kappa shape index (κ1) is 15.0. The van der Waals surface area contributed by atoms with Gasteiger partial charge < -0.3 is 19.2 Å². The van der Waals surface area contributed by atoms with E-state index in [1.807, 2.05) is 25.1 Å². The number of amides is 1. The van der Waals surface area contributed by atoms with Crippen molar-refractivity contribution in [2.24, 2.45) is 0 Å². The largest absolute Gasteiger partial charge is 0.493 e. The molecule has 0 aliphatic carbocycles. The lowest BCUT2D eigenvalue weighted by atomic mass is 10.2. The Balaban J connectivity index is 1.85. The number of furan rings is 1. The molecule has 0 spiro atoms. The van der Waals surface area contributed by atoms with Crippen molar-refractivity contribution in [1.82, 2.24) is 0 Å². The van der Waals surface area contributed by atoms with Gasteiger partial charge in [-0.05, 0) is 36.8 Å². The molecule has 1 aromatic heterocycles. The molecule has 118 valence electrons. The molecule has 23 heavy (non-hydrogen) atoms. The summed E-state index contributed by atoms with van der Waals surface area (Å²) in [5.41, 5.74) is 2.38. The number of carbonyl (C=O) groups is 1. The Kier molecular flexibility index (Phi) is 3.93. The number of rotatable bonds is 4. The van der Waals surface area contributed by atoms with E-state index in [0.29, 0.717) is 22.8 Å². The molecule has 0 fully saturated rings. The fourth-order valence-corrected chi connectivity index (χ4v) is 2.36. The molecule has 3 rings (SSSR count). The van der Waals surface area contributed by atoms with Crippen molar-refractivity contribution >= 4 is 22.6 Å². The summed E-state index contributed by atoms with van der Waals surface area (Å²) in [4.78, 5) is 12.3. The second kappa shape index (κ2) is 6.04. The van der Waals surface area contributed by atoms with Crippen LogP contribution in [0.3, 0.4) is 0 Å². The van der Waals surface area contributed by atoms with Gasteiger partial charge >= 0.3 is 0 Å². The van der Waals surface area contributed by atoms with Crippen molar-refractivity contribution in [1.29, 1.82) is 0 Å². The first-order valence-corrected chi connectivity index (χ1v) is 7.14. The second-order valence-corrected chi connectivity index (χ2v) is 5.18. The summed E-state index contributed by atoms with van der Waals surface area (Å²) in [6, 6.07) is 12.7. The fourth-order valence-electron chi connectivity index (χ4n) is 2.36. The van der Waals surface area contributed by atoms with Crippen LogP contribution in [0.4, 0.5) is 5.69 Å². The number of ether oxygens (including phenoxy) is 2. The predicted octanol–water partition coefficient (Wildman–Crippen LogP) is 4.01. The number of carbonyl (C=O) groups excluding carboxylic acids is 1. The highest BCUT2D eigenvalue weighted by Gasteiger charge is 2.14. The van der Waals surface area contributed by atoms with Gasteiger partial charge in [0.15, 0.2) is 17.3 Å². The van der Waals surface area contributed by atoms with Crippen LogP contribution in [0.5, 0.6) is 11.5 Å². The maximum absolute atomic E-state index is 12.3. The maximum Gasteiger partial charge on any atom is 0.291 e. The van der Waals surface area contributed by atoms with Crippen molar-refractivity contribution in [2.45, 2.75) is 6.92 Å². The quantitative estimate of drug-likeness (QED) is 0.791. The molecule has 5 nitrogen and oxygen atoms in total. The molecule has 0 aliphatic rings. The average molecular weight is 311 g/mol. The summed E-state index contributed by atoms with van der Waals surface area (Å²) < 4.78 is 16.0. The number of hydrogen-bond acceptors (Lipinski definition) is 4. The highest BCUT2D eigenvalue weighted by Crippen LogP contribution is 2.30. The first-order chi connectivity index (χ1) is 11.1. The lowest BCUT2D eigenvalue weighted by Crippen LogP contribution is -2.10. The van der Waals surface area contributed by atoms with Crippen molar-refractivity contribution in [2.75, 3.05) is 19.5 Å². The molecule has 1 heterocycles. The van der Waals surface area contributed by atoms with Crippen LogP contribution in [0.25, 0.3) is 11.0 Å². The van der Waals surface area contributed by atoms with E-state index in [1.54, 1.807) is 38.5 Å². The van der Waals surface area contributed by atoms with E-state index in [2.05, 4.69) is 5.32 Å². The lowest BCUT2D eigenvalue weighted by molar-refractivity contribution is 0.0998. The van der Waals surface area contributed by atoms with E-state index < -0.39 is 0 Å². The number of anilines is 1. The molecular weight excluding hydrogens is 294 g/mol. The van der Waals surface area contributed by atoms with E-state index in [-0.39, 0.29) is 11.7 Å². The zero-order valence-corrected chi connectivity index (χ0v) is 13.2. The van der Waals surface area contributed by atoms with Gasteiger partial charge in [-0.25, -0.2) is 0 Å². The van der Waals surface area contributed by atoms with Crippen LogP contribution in [0.1, 0.15) is 16.1 Å². The van der Waals surface area contributed by atoms with Gasteiger partial charge in [0, 0.05) is 17.1 Å². The number of methoxy groups -OCH3 is 2. The summed E-state index contributed by atoms with van der Waals surface area (Å²) in [5.74, 6) is 1.10. The van der Waals surface area contributed by atoms with Gasteiger partial charge in [0.05, 0.1) is 14.2 Å². The summed E-state index contributed by atoms with van der Waals surface area (Å²) in [5, 5.41) is 3.69. The Morgan fingerprint density at radius 3 is 2.52 bits per heavy atom. The molecule has 2 aromatic carbocycles. The van der Waals surface area contributed by atoms with Crippen LogP contribution in [-0.2, 0) is 0 Å². The smallest absolute Gasteiger partial charge is 0.291 e. The Hall–Kier alpha value is -2.95. The maximum atomic E-state index is 12.3. The van der Waals surface area contributed by atoms with E-state index in [1.165, 1.54) is 0 Å². The summed E-state index contributed by atoms with van der Waals surface area (Å²) in [7, 11) is 3.11. The van der Waals surface area contributed by atoms with Crippen LogP contribution in [0.15, 0.2) is 46.9 Å². The number of hydrogen-bond donors (Lipinski definition) is 1. The van der Waals surface area contributed by atoms with Gasteiger partial charge in [-0.2, -0.15) is 0 Å². The first-order valence-electron chi connectivity index (χ1n) is 7.14. The van der Waals surface area contributed by atoms with Gasteiger partial charge in [-0.1, -0.05) is 12.1 Å². The molecular formula is C18H17NO4. The second-order valence-electron chi connectivity index (χ2n) is 5.18. The molecule has 0 unspecified atom stereocenters. The number of nitrogens with one attached hydrogen (secondary N) is 1. The Bertz CT molecular complexity index is 867. The molecule has 0 saturated carbocycles. The minimum Gasteiger partial charge on any atom is -0.493 e. The molecule has 0 saturated heterocycles. The van der Waals surface area contributed by atoms with Gasteiger partial charge in [0.1, 0.15) is 5.58 Å². The highest BCUT2D eigenvalue weighted by molar-refractivity contribution is 6.04. The predicted molar refractivity (Wildman–Crippen MR) is 88.5 cm³/mol. The average Bonchev–Trinajstić information content (AvgIpc) is 2.97. The van der Waals surface area contributed by atoms with Gasteiger partial charge in [-0.3, -0.25) is 4.79 Å². The fraction of sp³-hybridized carbons (Fsp3) is 0.167. The summed E-state index contributed by atoms with van der Waals surface area (Å²) >= 11 is 0. The van der Waals surface area contributed by atoms with Crippen molar-refractivity contribution < 1.29 is 18.7 Å². The third-order valence-corrected chi connectivity index (χ3v) is 3.54. The topological polar surface area (TPSA) is 60.7 Å². The zero-order valence-electron chi connectivity index (χ0n) is 13.2. The van der Waals surface area contributed by atoms with Gasteiger partial charge in [0.2, 0.25) is 0 Å². The minimum absolute atomic E-state index is 0.264. The standard InChI is InChI=1S/C18H17NO4/c1-11-4-5-12-9-17(23-15(12)8-11)18(20)19-13-6-7-14(21-2)16(10-13)22-3/h4-10H,1-3H3,(H,19,20). The Morgan fingerprint density at radius 1 is 1.00 bits per heavy atom. The lowest BCUT2D eigenvalue weighted by Gasteiger charge is -2.09. The number of aryl methyl sites for hydroxylation is 1.